The molecule has 0 radical (unpaired) electrons. The van der Waals surface area contributed by atoms with Crippen LogP contribution in [0.3, 0.4) is 0 Å². The zero-order valence-electron chi connectivity index (χ0n) is 25.0. The summed E-state index contributed by atoms with van der Waals surface area (Å²) in [5.41, 5.74) is 3.74. The number of unbranched alkanes of at least 4 members (excludes halogenated alkanes) is 7. The predicted molar refractivity (Wildman–Crippen MR) is 162 cm³/mol. The molecule has 7 heteroatoms. The lowest BCUT2D eigenvalue weighted by Crippen LogP contribution is -2.43. The highest BCUT2D eigenvalue weighted by Gasteiger charge is 2.46. The predicted octanol–water partition coefficient (Wildman–Crippen LogP) is 7.84. The number of aliphatic hydroxyl groups is 1. The summed E-state index contributed by atoms with van der Waals surface area (Å²) in [6.45, 7) is 5.57. The molecule has 3 aromatic rings. The van der Waals surface area contributed by atoms with Gasteiger partial charge in [0.05, 0.1) is 6.04 Å². The molecule has 3 atom stereocenters. The Kier molecular flexibility index (Phi) is 11.1. The quantitative estimate of drug-likeness (QED) is 0.113. The lowest BCUT2D eigenvalue weighted by Gasteiger charge is -2.21. The Balaban J connectivity index is 1.45. The number of hydrogen-bond acceptors (Lipinski definition) is 6. The van der Waals surface area contributed by atoms with Gasteiger partial charge >= 0.3 is 6.09 Å². The molecule has 1 aliphatic heterocycles. The van der Waals surface area contributed by atoms with E-state index >= 15 is 0 Å². The summed E-state index contributed by atoms with van der Waals surface area (Å²) in [4.78, 5) is 40.9. The Morgan fingerprint density at radius 2 is 1.57 bits per heavy atom. The molecule has 2 amide bonds. The largest absolute Gasteiger partial charge is 0.457 e. The average Bonchev–Trinajstić information content (AvgIpc) is 3.55. The minimum atomic E-state index is -1.11. The number of carbonyl (C=O) groups is 3. The van der Waals surface area contributed by atoms with Gasteiger partial charge in [-0.3, -0.25) is 9.59 Å². The summed E-state index contributed by atoms with van der Waals surface area (Å²) in [6.07, 6.45) is 7.93. The Labute approximate surface area is 248 Å². The van der Waals surface area contributed by atoms with Crippen molar-refractivity contribution in [2.24, 2.45) is 5.92 Å². The highest BCUT2D eigenvalue weighted by Crippen LogP contribution is 2.35. The van der Waals surface area contributed by atoms with Crippen LogP contribution in [0.4, 0.5) is 4.79 Å². The molecule has 0 saturated carbocycles. The second kappa shape index (κ2) is 15.0. The van der Waals surface area contributed by atoms with E-state index in [-0.39, 0.29) is 12.4 Å². The van der Waals surface area contributed by atoms with Crippen molar-refractivity contribution in [1.82, 2.24) is 4.90 Å². The van der Waals surface area contributed by atoms with Gasteiger partial charge in [0.1, 0.15) is 17.8 Å². The number of Topliss-reactive ketones (excluding diaryl/α,β-unsaturated/α-hetero) is 1. The summed E-state index contributed by atoms with van der Waals surface area (Å²) in [6, 6.07) is 18.6. The number of furan rings is 1. The number of cyclic esters (lactones) is 1. The highest BCUT2D eigenvalue weighted by molar-refractivity contribution is 6.12. The molecule has 0 aliphatic carbocycles. The Morgan fingerprint density at radius 1 is 0.905 bits per heavy atom. The molecule has 1 fully saturated rings. The first-order chi connectivity index (χ1) is 20.3. The second-order valence-corrected chi connectivity index (χ2v) is 11.4. The van der Waals surface area contributed by atoms with Gasteiger partial charge in [-0.2, -0.15) is 0 Å². The monoisotopic (exact) mass is 573 g/mol. The van der Waals surface area contributed by atoms with Gasteiger partial charge in [0.2, 0.25) is 11.7 Å². The molecule has 4 rings (SSSR count). The molecule has 1 N–H and O–H groups in total. The van der Waals surface area contributed by atoms with Crippen molar-refractivity contribution in [2.75, 3.05) is 6.61 Å². The van der Waals surface area contributed by atoms with E-state index in [0.29, 0.717) is 6.42 Å². The second-order valence-electron chi connectivity index (χ2n) is 11.4. The summed E-state index contributed by atoms with van der Waals surface area (Å²) in [7, 11) is 0. The molecule has 2 heterocycles. The van der Waals surface area contributed by atoms with Crippen LogP contribution in [-0.2, 0) is 16.0 Å². The normalized spacial score (nSPS) is 17.3. The van der Waals surface area contributed by atoms with Crippen molar-refractivity contribution in [2.45, 2.75) is 90.7 Å². The first kappa shape index (κ1) is 31.2. The highest BCUT2D eigenvalue weighted by atomic mass is 16.6. The number of nitrogens with zero attached hydrogens (tertiary/aromatic N) is 1. The SMILES string of the molecule is Cc1cccc(-c2cc(C(=O)C(C)C(=O)N3C(=O)OC(c4ccccc4)C3C)oc2CCCCCCCCCCO)c1. The Morgan fingerprint density at radius 3 is 2.24 bits per heavy atom. The Bertz CT molecular complexity index is 1350. The fraction of sp³-hybridized carbons (Fsp3) is 0.457. The van der Waals surface area contributed by atoms with Crippen LogP contribution < -0.4 is 0 Å². The average molecular weight is 574 g/mol. The van der Waals surface area contributed by atoms with Crippen LogP contribution in [0.15, 0.2) is 65.1 Å². The molecular formula is C35H43NO6. The fourth-order valence-corrected chi connectivity index (χ4v) is 5.63. The van der Waals surface area contributed by atoms with Crippen LogP contribution >= 0.6 is 0 Å². The van der Waals surface area contributed by atoms with E-state index in [1.807, 2.05) is 55.5 Å². The topological polar surface area (TPSA) is 97.1 Å². The lowest BCUT2D eigenvalue weighted by atomic mass is 9.98. The first-order valence-corrected chi connectivity index (χ1v) is 15.2. The molecule has 42 heavy (non-hydrogen) atoms. The molecule has 1 saturated heterocycles. The molecule has 0 spiro atoms. The lowest BCUT2D eigenvalue weighted by molar-refractivity contribution is -0.131. The number of benzene rings is 2. The van der Waals surface area contributed by atoms with Crippen molar-refractivity contribution >= 4 is 17.8 Å². The van der Waals surface area contributed by atoms with Gasteiger partial charge < -0.3 is 14.3 Å². The molecule has 0 bridgehead atoms. The van der Waals surface area contributed by atoms with Crippen molar-refractivity contribution in [1.29, 1.82) is 0 Å². The van der Waals surface area contributed by atoms with Gasteiger partial charge in [0.25, 0.3) is 0 Å². The van der Waals surface area contributed by atoms with E-state index in [9.17, 15) is 14.4 Å². The number of ketones is 1. The summed E-state index contributed by atoms with van der Waals surface area (Å²) in [5, 5.41) is 8.91. The van der Waals surface area contributed by atoms with Gasteiger partial charge in [0.15, 0.2) is 5.76 Å². The van der Waals surface area contributed by atoms with Crippen LogP contribution in [0.2, 0.25) is 0 Å². The number of imide groups is 1. The van der Waals surface area contributed by atoms with E-state index in [0.717, 1.165) is 71.4 Å². The third-order valence-electron chi connectivity index (χ3n) is 8.09. The molecule has 7 nitrogen and oxygen atoms in total. The maximum Gasteiger partial charge on any atom is 0.417 e. The zero-order valence-corrected chi connectivity index (χ0v) is 25.0. The van der Waals surface area contributed by atoms with Gasteiger partial charge in [-0.25, -0.2) is 9.69 Å². The molecule has 1 aliphatic rings. The fourth-order valence-electron chi connectivity index (χ4n) is 5.63. The van der Waals surface area contributed by atoms with E-state index in [1.165, 1.54) is 19.8 Å². The van der Waals surface area contributed by atoms with Crippen molar-refractivity contribution in [3.05, 3.63) is 83.3 Å². The van der Waals surface area contributed by atoms with Gasteiger partial charge in [-0.1, -0.05) is 98.7 Å². The smallest absolute Gasteiger partial charge is 0.417 e. The standard InChI is InChI=1S/C35H43NO6/c1-24-16-15-19-28(22-24)29-23-31(41-30(29)20-13-8-6-4-5-7-9-14-21-37)32(38)25(2)34(39)36-26(3)33(42-35(36)40)27-17-11-10-12-18-27/h10-12,15-19,22-23,25-26,33,37H,4-9,13-14,20-21H2,1-3H3. The molecule has 2 aromatic carbocycles. The summed E-state index contributed by atoms with van der Waals surface area (Å²) in [5.74, 6) is -1.28. The van der Waals surface area contributed by atoms with Gasteiger partial charge in [0, 0.05) is 18.6 Å². The third kappa shape index (κ3) is 7.57. The molecule has 1 aromatic heterocycles. The third-order valence-corrected chi connectivity index (χ3v) is 8.09. The van der Waals surface area contributed by atoms with Crippen LogP contribution in [0.5, 0.6) is 0 Å². The minimum Gasteiger partial charge on any atom is -0.457 e. The Hall–Kier alpha value is -3.71. The molecule has 3 unspecified atom stereocenters. The number of aliphatic hydroxyl groups excluding tert-OH is 1. The zero-order chi connectivity index (χ0) is 30.1. The number of amides is 2. The van der Waals surface area contributed by atoms with Crippen LogP contribution in [0, 0.1) is 12.8 Å². The number of hydrogen-bond donors (Lipinski definition) is 1. The minimum absolute atomic E-state index is 0.131. The van der Waals surface area contributed by atoms with E-state index in [2.05, 4.69) is 6.07 Å². The number of carbonyl (C=O) groups excluding carboxylic acids is 3. The van der Waals surface area contributed by atoms with Gasteiger partial charge in [-0.05, 0) is 50.8 Å². The van der Waals surface area contributed by atoms with Crippen molar-refractivity contribution in [3.8, 4) is 11.1 Å². The van der Waals surface area contributed by atoms with E-state index < -0.39 is 35.8 Å². The summed E-state index contributed by atoms with van der Waals surface area (Å²) < 4.78 is 11.7. The number of rotatable bonds is 15. The first-order valence-electron chi connectivity index (χ1n) is 15.2. The summed E-state index contributed by atoms with van der Waals surface area (Å²) >= 11 is 0. The van der Waals surface area contributed by atoms with Crippen LogP contribution in [0.25, 0.3) is 11.1 Å². The maximum absolute atomic E-state index is 13.6. The van der Waals surface area contributed by atoms with Crippen molar-refractivity contribution < 1.29 is 28.6 Å². The maximum atomic E-state index is 13.6. The number of ether oxygens (including phenoxy) is 1. The molecular weight excluding hydrogens is 530 g/mol. The van der Waals surface area contributed by atoms with E-state index in [4.69, 9.17) is 14.3 Å². The van der Waals surface area contributed by atoms with Crippen LogP contribution in [-0.4, -0.2) is 40.4 Å². The van der Waals surface area contributed by atoms with Gasteiger partial charge in [-0.15, -0.1) is 0 Å². The molecule has 224 valence electrons. The van der Waals surface area contributed by atoms with Crippen molar-refractivity contribution in [3.63, 3.8) is 0 Å². The van der Waals surface area contributed by atoms with E-state index in [1.54, 1.807) is 13.0 Å². The van der Waals surface area contributed by atoms with Crippen LogP contribution in [0.1, 0.15) is 98.8 Å². The number of aryl methyl sites for hydroxylation is 2.